The Balaban J connectivity index is 1.90. The molecule has 2 aliphatic rings. The van der Waals surface area contributed by atoms with Crippen LogP contribution < -0.4 is 10.2 Å². The normalized spacial score (nSPS) is 27.6. The fourth-order valence-corrected chi connectivity index (χ4v) is 3.72. The summed E-state index contributed by atoms with van der Waals surface area (Å²) < 4.78 is 0. The maximum atomic E-state index is 11.1. The number of rotatable bonds is 2. The summed E-state index contributed by atoms with van der Waals surface area (Å²) in [6, 6.07) is 4.54. The average Bonchev–Trinajstić information content (AvgIpc) is 2.95. The minimum Gasteiger partial charge on any atom is -0.373 e. The van der Waals surface area contributed by atoms with E-state index in [9.17, 15) is 4.79 Å². The third-order valence-electron chi connectivity index (χ3n) is 4.97. The summed E-state index contributed by atoms with van der Waals surface area (Å²) >= 11 is 0. The summed E-state index contributed by atoms with van der Waals surface area (Å²) in [7, 11) is 2.19. The van der Waals surface area contributed by atoms with E-state index >= 15 is 0 Å². The van der Waals surface area contributed by atoms with Crippen molar-refractivity contribution in [1.82, 2.24) is 5.32 Å². The first-order chi connectivity index (χ1) is 8.95. The van der Waals surface area contributed by atoms with Gasteiger partial charge in [0.2, 0.25) is 5.91 Å². The van der Waals surface area contributed by atoms with Gasteiger partial charge in [0.05, 0.1) is 0 Å². The second kappa shape index (κ2) is 3.99. The van der Waals surface area contributed by atoms with E-state index < -0.39 is 0 Å². The van der Waals surface area contributed by atoms with Crippen LogP contribution in [0.4, 0.5) is 5.69 Å². The van der Waals surface area contributed by atoms with E-state index in [4.69, 9.17) is 0 Å². The summed E-state index contributed by atoms with van der Waals surface area (Å²) in [6.07, 6.45) is 1.20. The molecule has 1 fully saturated rings. The maximum absolute atomic E-state index is 11.1. The molecule has 19 heavy (non-hydrogen) atoms. The Labute approximate surface area is 115 Å². The van der Waals surface area contributed by atoms with Gasteiger partial charge in [0.1, 0.15) is 0 Å². The molecule has 2 unspecified atom stereocenters. The van der Waals surface area contributed by atoms with Gasteiger partial charge in [-0.3, -0.25) is 4.79 Å². The van der Waals surface area contributed by atoms with E-state index in [0.717, 1.165) is 13.1 Å². The van der Waals surface area contributed by atoms with Gasteiger partial charge in [-0.25, -0.2) is 0 Å². The van der Waals surface area contributed by atoms with Crippen molar-refractivity contribution >= 4 is 11.6 Å². The lowest BCUT2D eigenvalue weighted by atomic mass is 9.92. The highest BCUT2D eigenvalue weighted by Crippen LogP contribution is 2.61. The van der Waals surface area contributed by atoms with E-state index in [2.05, 4.69) is 43.2 Å². The Bertz CT molecular complexity index is 552. The summed E-state index contributed by atoms with van der Waals surface area (Å²) in [4.78, 5) is 13.5. The lowest BCUT2D eigenvalue weighted by Gasteiger charge is -2.16. The van der Waals surface area contributed by atoms with Crippen LogP contribution >= 0.6 is 0 Å². The van der Waals surface area contributed by atoms with Crippen molar-refractivity contribution in [3.05, 3.63) is 28.8 Å². The van der Waals surface area contributed by atoms with Crippen LogP contribution in [0.5, 0.6) is 0 Å². The lowest BCUT2D eigenvalue weighted by molar-refractivity contribution is -0.119. The minimum absolute atomic E-state index is 0.0775. The molecule has 1 heterocycles. The number of benzene rings is 1. The Morgan fingerprint density at radius 2 is 2.21 bits per heavy atom. The first kappa shape index (κ1) is 12.5. The Kier molecular flexibility index (Phi) is 2.63. The van der Waals surface area contributed by atoms with Crippen molar-refractivity contribution in [2.45, 2.75) is 32.6 Å². The molecule has 1 N–H and O–H groups in total. The third kappa shape index (κ3) is 1.75. The van der Waals surface area contributed by atoms with Gasteiger partial charge in [0, 0.05) is 38.2 Å². The van der Waals surface area contributed by atoms with Crippen LogP contribution in [0.1, 0.15) is 30.0 Å². The average molecular weight is 258 g/mol. The van der Waals surface area contributed by atoms with Crippen molar-refractivity contribution < 1.29 is 4.79 Å². The van der Waals surface area contributed by atoms with Gasteiger partial charge in [0.15, 0.2) is 0 Å². The number of aryl methyl sites for hydroxylation is 1. The van der Waals surface area contributed by atoms with Crippen molar-refractivity contribution in [1.29, 1.82) is 0 Å². The van der Waals surface area contributed by atoms with Gasteiger partial charge in [-0.2, -0.15) is 0 Å². The molecule has 0 saturated heterocycles. The zero-order valence-electron chi connectivity index (χ0n) is 12.2. The zero-order chi connectivity index (χ0) is 13.8. The van der Waals surface area contributed by atoms with Crippen molar-refractivity contribution in [2.24, 2.45) is 5.92 Å². The smallest absolute Gasteiger partial charge is 0.216 e. The molecule has 1 amide bonds. The van der Waals surface area contributed by atoms with Gasteiger partial charge < -0.3 is 10.2 Å². The van der Waals surface area contributed by atoms with E-state index in [1.807, 2.05) is 0 Å². The molecule has 1 aliphatic heterocycles. The third-order valence-corrected chi connectivity index (χ3v) is 4.97. The van der Waals surface area contributed by atoms with E-state index in [1.165, 1.54) is 28.8 Å². The Hall–Kier alpha value is -1.51. The first-order valence-electron chi connectivity index (χ1n) is 7.02. The molecule has 1 saturated carbocycles. The molecule has 0 radical (unpaired) electrons. The number of carbonyl (C=O) groups is 1. The Morgan fingerprint density at radius 1 is 1.47 bits per heavy atom. The summed E-state index contributed by atoms with van der Waals surface area (Å²) in [6.45, 7) is 7.90. The van der Waals surface area contributed by atoms with Crippen LogP contribution in [0, 0.1) is 19.8 Å². The number of nitrogens with one attached hydrogen (secondary N) is 1. The van der Waals surface area contributed by atoms with Crippen LogP contribution in [0.15, 0.2) is 12.1 Å². The SMILES string of the molecule is CC(=O)NCC1CC12CN(C)c1c2ccc(C)c1C. The van der Waals surface area contributed by atoms with Crippen LogP contribution in [0.3, 0.4) is 0 Å². The number of hydrogen-bond donors (Lipinski definition) is 1. The second-order valence-corrected chi connectivity index (χ2v) is 6.25. The van der Waals surface area contributed by atoms with Crippen molar-refractivity contribution in [3.63, 3.8) is 0 Å². The molecule has 1 spiro atoms. The number of fused-ring (bicyclic) bond motifs is 2. The molecule has 0 bridgehead atoms. The van der Waals surface area contributed by atoms with Gasteiger partial charge in [-0.15, -0.1) is 0 Å². The van der Waals surface area contributed by atoms with Crippen molar-refractivity contribution in [3.8, 4) is 0 Å². The largest absolute Gasteiger partial charge is 0.373 e. The number of carbonyl (C=O) groups excluding carboxylic acids is 1. The van der Waals surface area contributed by atoms with Crippen LogP contribution in [-0.4, -0.2) is 26.0 Å². The monoisotopic (exact) mass is 258 g/mol. The van der Waals surface area contributed by atoms with E-state index in [-0.39, 0.29) is 5.91 Å². The molecule has 3 heteroatoms. The number of nitrogens with zero attached hydrogens (tertiary/aromatic N) is 1. The number of likely N-dealkylation sites (N-methyl/N-ethyl adjacent to an activating group) is 1. The highest BCUT2D eigenvalue weighted by atomic mass is 16.1. The van der Waals surface area contributed by atoms with Crippen LogP contribution in [0.25, 0.3) is 0 Å². The summed E-state index contributed by atoms with van der Waals surface area (Å²) in [5.74, 6) is 0.677. The molecule has 1 aliphatic carbocycles. The van der Waals surface area contributed by atoms with Gasteiger partial charge >= 0.3 is 0 Å². The quantitative estimate of drug-likeness (QED) is 0.881. The van der Waals surface area contributed by atoms with E-state index in [1.54, 1.807) is 6.92 Å². The fraction of sp³-hybridized carbons (Fsp3) is 0.562. The molecule has 2 atom stereocenters. The van der Waals surface area contributed by atoms with Crippen LogP contribution in [-0.2, 0) is 10.2 Å². The summed E-state index contributed by atoms with van der Waals surface area (Å²) in [5.41, 5.74) is 5.98. The van der Waals surface area contributed by atoms with Crippen molar-refractivity contribution in [2.75, 3.05) is 25.0 Å². The number of anilines is 1. The van der Waals surface area contributed by atoms with Gasteiger partial charge in [-0.1, -0.05) is 12.1 Å². The molecule has 3 rings (SSSR count). The molecular weight excluding hydrogens is 236 g/mol. The second-order valence-electron chi connectivity index (χ2n) is 6.25. The van der Waals surface area contributed by atoms with Gasteiger partial charge in [-0.05, 0) is 42.9 Å². The number of hydrogen-bond acceptors (Lipinski definition) is 2. The standard InChI is InChI=1S/C16H22N2O/c1-10-5-6-14-15(11(10)2)18(4)9-16(14)7-13(16)8-17-12(3)19/h5-6,13H,7-9H2,1-4H3,(H,17,19). The highest BCUT2D eigenvalue weighted by Gasteiger charge is 2.59. The van der Waals surface area contributed by atoms with Gasteiger partial charge in [0.25, 0.3) is 0 Å². The van der Waals surface area contributed by atoms with E-state index in [0.29, 0.717) is 11.3 Å². The lowest BCUT2D eigenvalue weighted by Crippen LogP contribution is -2.27. The van der Waals surface area contributed by atoms with Crippen LogP contribution in [0.2, 0.25) is 0 Å². The minimum atomic E-state index is 0.0775. The molecular formula is C16H22N2O. The topological polar surface area (TPSA) is 32.3 Å². The Morgan fingerprint density at radius 3 is 2.89 bits per heavy atom. The molecule has 1 aromatic rings. The predicted octanol–water partition coefficient (Wildman–Crippen LogP) is 2.15. The zero-order valence-corrected chi connectivity index (χ0v) is 12.2. The summed E-state index contributed by atoms with van der Waals surface area (Å²) in [5, 5.41) is 2.97. The highest BCUT2D eigenvalue weighted by molar-refractivity contribution is 5.73. The molecule has 102 valence electrons. The molecule has 3 nitrogen and oxygen atoms in total. The number of amides is 1. The molecule has 1 aromatic carbocycles. The predicted molar refractivity (Wildman–Crippen MR) is 77.7 cm³/mol. The first-order valence-corrected chi connectivity index (χ1v) is 7.02. The molecule has 0 aromatic heterocycles. The fourth-order valence-electron chi connectivity index (χ4n) is 3.72. The maximum Gasteiger partial charge on any atom is 0.216 e.